The molecule has 1 saturated heterocycles. The van der Waals surface area contributed by atoms with E-state index in [1.165, 1.54) is 26.2 Å². The number of methoxy groups -OCH3 is 3. The van der Waals surface area contributed by atoms with E-state index >= 15 is 0 Å². The van der Waals surface area contributed by atoms with E-state index in [1.807, 2.05) is 0 Å². The summed E-state index contributed by atoms with van der Waals surface area (Å²) in [5, 5.41) is 2.76. The van der Waals surface area contributed by atoms with Gasteiger partial charge in [-0.3, -0.25) is 19.3 Å². The molecule has 1 aliphatic carbocycles. The first-order valence-corrected chi connectivity index (χ1v) is 10.9. The van der Waals surface area contributed by atoms with E-state index in [2.05, 4.69) is 5.32 Å². The number of hydrogen-bond acceptors (Lipinski definition) is 7. The molecule has 1 atom stereocenters. The van der Waals surface area contributed by atoms with Gasteiger partial charge >= 0.3 is 12.0 Å². The lowest BCUT2D eigenvalue weighted by atomic mass is 9.81. The Hall–Kier alpha value is -3.30. The zero-order valence-electron chi connectivity index (χ0n) is 19.5. The highest BCUT2D eigenvalue weighted by Gasteiger charge is 2.55. The summed E-state index contributed by atoms with van der Waals surface area (Å²) in [4.78, 5) is 53.3. The van der Waals surface area contributed by atoms with Crippen molar-refractivity contribution in [3.63, 3.8) is 0 Å². The molecule has 1 aromatic rings. The van der Waals surface area contributed by atoms with E-state index in [0.29, 0.717) is 29.9 Å². The lowest BCUT2D eigenvalue weighted by Gasteiger charge is -2.35. The van der Waals surface area contributed by atoms with Crippen molar-refractivity contribution in [3.05, 3.63) is 23.8 Å². The summed E-state index contributed by atoms with van der Waals surface area (Å²) in [6, 6.07) is 3.79. The summed E-state index contributed by atoms with van der Waals surface area (Å²) in [6.07, 6.45) is 3.82. The van der Waals surface area contributed by atoms with Gasteiger partial charge in [-0.05, 0) is 30.5 Å². The fourth-order valence-corrected chi connectivity index (χ4v) is 4.63. The molecule has 0 aromatic heterocycles. The van der Waals surface area contributed by atoms with Gasteiger partial charge in [0.05, 0.1) is 33.8 Å². The Morgan fingerprint density at radius 2 is 1.73 bits per heavy atom. The predicted molar refractivity (Wildman–Crippen MR) is 118 cm³/mol. The molecular weight excluding hydrogens is 430 g/mol. The van der Waals surface area contributed by atoms with E-state index in [1.54, 1.807) is 25.2 Å². The highest BCUT2D eigenvalue weighted by atomic mass is 16.5. The molecule has 1 heterocycles. The lowest BCUT2D eigenvalue weighted by molar-refractivity contribution is -0.142. The Kier molecular flexibility index (Phi) is 7.45. The Morgan fingerprint density at radius 1 is 1.06 bits per heavy atom. The highest BCUT2D eigenvalue weighted by molar-refractivity contribution is 6.09. The summed E-state index contributed by atoms with van der Waals surface area (Å²) < 4.78 is 15.3. The monoisotopic (exact) mass is 461 g/mol. The molecule has 1 aromatic carbocycles. The van der Waals surface area contributed by atoms with Gasteiger partial charge in [0, 0.05) is 7.05 Å². The van der Waals surface area contributed by atoms with E-state index < -0.39 is 36.0 Å². The summed E-state index contributed by atoms with van der Waals surface area (Å²) >= 11 is 0. The first kappa shape index (κ1) is 24.3. The molecule has 10 nitrogen and oxygen atoms in total. The fraction of sp³-hybridized carbons (Fsp3) is 0.565. The van der Waals surface area contributed by atoms with Crippen LogP contribution in [0, 0.1) is 0 Å². The number of ether oxygens (including phenoxy) is 3. The number of nitrogens with zero attached hydrogens (tertiary/aromatic N) is 2. The van der Waals surface area contributed by atoms with Crippen molar-refractivity contribution >= 4 is 23.8 Å². The topological polar surface area (TPSA) is 114 Å². The van der Waals surface area contributed by atoms with Gasteiger partial charge in [0.1, 0.15) is 12.1 Å². The summed E-state index contributed by atoms with van der Waals surface area (Å²) in [6.45, 7) is -0.422. The van der Waals surface area contributed by atoms with Gasteiger partial charge in [-0.1, -0.05) is 25.3 Å². The molecule has 180 valence electrons. The van der Waals surface area contributed by atoms with Gasteiger partial charge < -0.3 is 24.4 Å². The molecule has 1 spiro atoms. The van der Waals surface area contributed by atoms with Crippen LogP contribution in [-0.4, -0.2) is 74.1 Å². The zero-order chi connectivity index (χ0) is 24.2. The number of urea groups is 1. The standard InChI is InChI=1S/C23H31N3O7/c1-25-22(30)26(21(29)23(25)10-6-5-7-11-23)14-19(27)24-16(13-20(28)33-4)15-8-9-17(31-2)18(12-15)32-3/h8-9,12,16H,5-7,10-11,13-14H2,1-4H3,(H,24,27). The first-order chi connectivity index (χ1) is 15.8. The van der Waals surface area contributed by atoms with E-state index in [-0.39, 0.29) is 12.3 Å². The SMILES string of the molecule is COC(=O)CC(NC(=O)CN1C(=O)N(C)C2(CCCCC2)C1=O)c1ccc(OC)c(OC)c1. The van der Waals surface area contributed by atoms with Gasteiger partial charge in [0.2, 0.25) is 5.91 Å². The van der Waals surface area contributed by atoms with Gasteiger partial charge in [-0.2, -0.15) is 0 Å². The van der Waals surface area contributed by atoms with E-state index in [4.69, 9.17) is 14.2 Å². The Bertz CT molecular complexity index is 927. The third kappa shape index (κ3) is 4.74. The quantitative estimate of drug-likeness (QED) is 0.465. The summed E-state index contributed by atoms with van der Waals surface area (Å²) in [5.74, 6) is -0.477. The minimum absolute atomic E-state index is 0.135. The summed E-state index contributed by atoms with van der Waals surface area (Å²) in [7, 11) is 5.87. The maximum atomic E-state index is 13.2. The third-order valence-electron chi connectivity index (χ3n) is 6.53. The molecule has 0 bridgehead atoms. The van der Waals surface area contributed by atoms with Crippen molar-refractivity contribution in [3.8, 4) is 11.5 Å². The number of carbonyl (C=O) groups is 4. The minimum atomic E-state index is -0.857. The fourth-order valence-electron chi connectivity index (χ4n) is 4.63. The largest absolute Gasteiger partial charge is 0.493 e. The maximum Gasteiger partial charge on any atom is 0.327 e. The molecule has 3 rings (SSSR count). The van der Waals surface area contributed by atoms with Gasteiger partial charge in [-0.25, -0.2) is 4.79 Å². The van der Waals surface area contributed by atoms with Gasteiger partial charge in [0.25, 0.3) is 5.91 Å². The number of imide groups is 1. The number of hydrogen-bond donors (Lipinski definition) is 1. The van der Waals surface area contributed by atoms with Crippen LogP contribution in [-0.2, 0) is 19.1 Å². The smallest absolute Gasteiger partial charge is 0.327 e. The molecule has 1 unspecified atom stereocenters. The number of benzene rings is 1. The average molecular weight is 462 g/mol. The van der Waals surface area contributed by atoms with E-state index in [0.717, 1.165) is 24.2 Å². The van der Waals surface area contributed by atoms with Crippen molar-refractivity contribution in [2.45, 2.75) is 50.1 Å². The number of amides is 4. The second-order valence-electron chi connectivity index (χ2n) is 8.34. The molecule has 4 amide bonds. The number of carbonyl (C=O) groups excluding carboxylic acids is 4. The van der Waals surface area contributed by atoms with Crippen LogP contribution < -0.4 is 14.8 Å². The second kappa shape index (κ2) is 10.1. The van der Waals surface area contributed by atoms with E-state index in [9.17, 15) is 19.2 Å². The zero-order valence-corrected chi connectivity index (χ0v) is 19.5. The number of nitrogens with one attached hydrogen (secondary N) is 1. The third-order valence-corrected chi connectivity index (χ3v) is 6.53. The molecule has 1 N–H and O–H groups in total. The average Bonchev–Trinajstić information content (AvgIpc) is 2.99. The molecule has 33 heavy (non-hydrogen) atoms. The van der Waals surface area contributed by atoms with Crippen LogP contribution in [0.5, 0.6) is 11.5 Å². The van der Waals surface area contributed by atoms with Crippen molar-refractivity contribution in [2.75, 3.05) is 34.9 Å². The highest BCUT2D eigenvalue weighted by Crippen LogP contribution is 2.39. The molecule has 1 aliphatic heterocycles. The normalized spacial score (nSPS) is 18.3. The number of rotatable bonds is 8. The predicted octanol–water partition coefficient (Wildman–Crippen LogP) is 2.02. The summed E-state index contributed by atoms with van der Waals surface area (Å²) in [5.41, 5.74) is -0.268. The molecule has 1 saturated carbocycles. The van der Waals surface area contributed by atoms with Crippen LogP contribution in [0.15, 0.2) is 18.2 Å². The van der Waals surface area contributed by atoms with Crippen molar-refractivity contribution < 1.29 is 33.4 Å². The lowest BCUT2D eigenvalue weighted by Crippen LogP contribution is -2.49. The van der Waals surface area contributed by atoms with Gasteiger partial charge in [0.15, 0.2) is 11.5 Å². The van der Waals surface area contributed by atoms with Crippen LogP contribution in [0.4, 0.5) is 4.79 Å². The molecular formula is C23H31N3O7. The Labute approximate surface area is 193 Å². The molecule has 0 radical (unpaired) electrons. The Morgan fingerprint density at radius 3 is 2.33 bits per heavy atom. The van der Waals surface area contributed by atoms with Crippen LogP contribution in [0.25, 0.3) is 0 Å². The van der Waals surface area contributed by atoms with Crippen LogP contribution in [0.3, 0.4) is 0 Å². The maximum absolute atomic E-state index is 13.2. The molecule has 2 fully saturated rings. The Balaban J connectivity index is 1.78. The number of esters is 1. The van der Waals surface area contributed by atoms with Crippen LogP contribution >= 0.6 is 0 Å². The second-order valence-corrected chi connectivity index (χ2v) is 8.34. The molecule has 2 aliphatic rings. The van der Waals surface area contributed by atoms with Gasteiger partial charge in [-0.15, -0.1) is 0 Å². The van der Waals surface area contributed by atoms with Crippen LogP contribution in [0.1, 0.15) is 50.1 Å². The van der Waals surface area contributed by atoms with Crippen molar-refractivity contribution in [1.29, 1.82) is 0 Å². The van der Waals surface area contributed by atoms with Crippen LogP contribution in [0.2, 0.25) is 0 Å². The minimum Gasteiger partial charge on any atom is -0.493 e. The number of likely N-dealkylation sites (N-methyl/N-ethyl adjacent to an activating group) is 1. The molecule has 10 heteroatoms. The van der Waals surface area contributed by atoms with Crippen molar-refractivity contribution in [1.82, 2.24) is 15.1 Å². The van der Waals surface area contributed by atoms with Crippen molar-refractivity contribution in [2.24, 2.45) is 0 Å². The first-order valence-electron chi connectivity index (χ1n) is 10.9.